The molecule has 1 heterocycles. The normalized spacial score (nSPS) is 9.77. The smallest absolute Gasteiger partial charge is 0.309 e. The summed E-state index contributed by atoms with van der Waals surface area (Å²) in [6.07, 6.45) is 2.28. The Kier molecular flexibility index (Phi) is 3.19. The highest BCUT2D eigenvalue weighted by atomic mass is 35.5. The average Bonchev–Trinajstić information content (AvgIpc) is 2.08. The summed E-state index contributed by atoms with van der Waals surface area (Å²) < 4.78 is 4.70. The Morgan fingerprint density at radius 2 is 2.38 bits per heavy atom. The molecule has 0 aliphatic carbocycles. The zero-order chi connectivity index (χ0) is 9.84. The zero-order valence-corrected chi connectivity index (χ0v) is 8.13. The van der Waals surface area contributed by atoms with E-state index in [-0.39, 0.29) is 11.0 Å². The van der Waals surface area contributed by atoms with E-state index in [0.29, 0.717) is 0 Å². The quantitative estimate of drug-likeness (QED) is 0.681. The van der Waals surface area contributed by atoms with E-state index in [1.165, 1.54) is 13.1 Å². The van der Waals surface area contributed by atoms with Crippen LogP contribution in [0.2, 0.25) is 5.15 Å². The lowest BCUT2D eigenvalue weighted by atomic mass is 10.4. The highest BCUT2D eigenvalue weighted by Crippen LogP contribution is 2.18. The summed E-state index contributed by atoms with van der Waals surface area (Å²) in [6.45, 7) is 3.22. The molecule has 0 saturated heterocycles. The molecule has 0 amide bonds. The first-order valence-electron chi connectivity index (χ1n) is 3.83. The fraction of sp³-hybridized carbons (Fsp3) is 0.375. The molecule has 0 aliphatic heterocycles. The molecule has 1 rings (SSSR count). The fourth-order valence-corrected chi connectivity index (χ4v) is 0.960. The summed E-state index contributed by atoms with van der Waals surface area (Å²) in [7, 11) is 0. The van der Waals surface area contributed by atoms with Crippen molar-refractivity contribution < 1.29 is 9.53 Å². The van der Waals surface area contributed by atoms with Crippen LogP contribution in [0, 0.1) is 0 Å². The van der Waals surface area contributed by atoms with E-state index in [2.05, 4.69) is 9.97 Å². The molecule has 1 aromatic heterocycles. The molecule has 0 aliphatic rings. The van der Waals surface area contributed by atoms with Crippen LogP contribution in [0.25, 0.3) is 0 Å². The first-order chi connectivity index (χ1) is 6.13. The third-order valence-corrected chi connectivity index (χ3v) is 1.60. The van der Waals surface area contributed by atoms with Gasteiger partial charge in [-0.25, -0.2) is 9.97 Å². The van der Waals surface area contributed by atoms with Gasteiger partial charge in [0, 0.05) is 6.92 Å². The van der Waals surface area contributed by atoms with Gasteiger partial charge in [0.2, 0.25) is 0 Å². The van der Waals surface area contributed by atoms with E-state index < -0.39 is 5.97 Å². The SMILES string of the molecule is CCc1cnc(OC(C)=O)c(Cl)n1. The van der Waals surface area contributed by atoms with Gasteiger partial charge in [0.05, 0.1) is 11.9 Å². The lowest BCUT2D eigenvalue weighted by molar-refractivity contribution is -0.132. The third kappa shape index (κ3) is 2.66. The molecular weight excluding hydrogens is 192 g/mol. The second kappa shape index (κ2) is 4.18. The summed E-state index contributed by atoms with van der Waals surface area (Å²) in [5.41, 5.74) is 0.765. The first kappa shape index (κ1) is 9.92. The fourth-order valence-electron chi connectivity index (χ4n) is 0.764. The number of carbonyl (C=O) groups excluding carboxylic acids is 1. The summed E-state index contributed by atoms with van der Waals surface area (Å²) in [6, 6.07) is 0. The molecule has 0 fully saturated rings. The Bertz CT molecular complexity index is 328. The van der Waals surface area contributed by atoms with E-state index in [0.717, 1.165) is 12.1 Å². The minimum absolute atomic E-state index is 0.0615. The molecule has 0 aromatic carbocycles. The van der Waals surface area contributed by atoms with Crippen LogP contribution < -0.4 is 4.74 Å². The molecule has 0 unspecified atom stereocenters. The number of ether oxygens (including phenoxy) is 1. The van der Waals surface area contributed by atoms with Crippen LogP contribution in [0.3, 0.4) is 0 Å². The zero-order valence-electron chi connectivity index (χ0n) is 7.37. The van der Waals surface area contributed by atoms with Gasteiger partial charge in [0.1, 0.15) is 0 Å². The largest absolute Gasteiger partial charge is 0.404 e. The van der Waals surface area contributed by atoms with E-state index in [1.54, 1.807) is 0 Å². The van der Waals surface area contributed by atoms with Crippen LogP contribution in [0.4, 0.5) is 0 Å². The van der Waals surface area contributed by atoms with Crippen molar-refractivity contribution in [2.24, 2.45) is 0 Å². The molecular formula is C8H9ClN2O2. The minimum Gasteiger partial charge on any atom is -0.404 e. The maximum absolute atomic E-state index is 10.6. The number of halogens is 1. The average molecular weight is 201 g/mol. The van der Waals surface area contributed by atoms with Crippen molar-refractivity contribution in [1.29, 1.82) is 0 Å². The van der Waals surface area contributed by atoms with Gasteiger partial charge in [-0.2, -0.15) is 0 Å². The highest BCUT2D eigenvalue weighted by molar-refractivity contribution is 6.30. The second-order valence-electron chi connectivity index (χ2n) is 2.40. The van der Waals surface area contributed by atoms with Crippen LogP contribution in [0.1, 0.15) is 19.5 Å². The molecule has 0 spiro atoms. The lowest BCUT2D eigenvalue weighted by Crippen LogP contribution is -2.05. The van der Waals surface area contributed by atoms with Crippen molar-refractivity contribution in [2.75, 3.05) is 0 Å². The number of carbonyl (C=O) groups is 1. The van der Waals surface area contributed by atoms with Gasteiger partial charge in [-0.3, -0.25) is 4.79 Å². The van der Waals surface area contributed by atoms with E-state index in [1.807, 2.05) is 6.92 Å². The first-order valence-corrected chi connectivity index (χ1v) is 4.21. The Morgan fingerprint density at radius 1 is 1.69 bits per heavy atom. The standard InChI is InChI=1S/C8H9ClN2O2/c1-3-6-4-10-8(7(9)11-6)13-5(2)12/h4H,3H2,1-2H3. The van der Waals surface area contributed by atoms with Crippen molar-refractivity contribution in [1.82, 2.24) is 9.97 Å². The topological polar surface area (TPSA) is 52.1 Å². The number of aryl methyl sites for hydroxylation is 1. The van der Waals surface area contributed by atoms with Crippen molar-refractivity contribution in [3.8, 4) is 5.88 Å². The number of hydrogen-bond acceptors (Lipinski definition) is 4. The molecule has 1 aromatic rings. The summed E-state index contributed by atoms with van der Waals surface area (Å²) in [5, 5.41) is 0.120. The van der Waals surface area contributed by atoms with E-state index in [4.69, 9.17) is 16.3 Å². The monoisotopic (exact) mass is 200 g/mol. The van der Waals surface area contributed by atoms with Crippen molar-refractivity contribution in [3.63, 3.8) is 0 Å². The molecule has 0 saturated carbocycles. The van der Waals surface area contributed by atoms with Crippen LogP contribution in [0.5, 0.6) is 5.88 Å². The van der Waals surface area contributed by atoms with Crippen molar-refractivity contribution >= 4 is 17.6 Å². The van der Waals surface area contributed by atoms with Crippen molar-refractivity contribution in [2.45, 2.75) is 20.3 Å². The number of aromatic nitrogens is 2. The lowest BCUT2D eigenvalue weighted by Gasteiger charge is -2.02. The molecule has 4 nitrogen and oxygen atoms in total. The Balaban J connectivity index is 2.91. The van der Waals surface area contributed by atoms with Gasteiger partial charge in [-0.1, -0.05) is 18.5 Å². The molecule has 5 heteroatoms. The Morgan fingerprint density at radius 3 is 2.85 bits per heavy atom. The van der Waals surface area contributed by atoms with Gasteiger partial charge >= 0.3 is 5.97 Å². The molecule has 0 radical (unpaired) electrons. The Hall–Kier alpha value is -1.16. The number of esters is 1. The van der Waals surface area contributed by atoms with Gasteiger partial charge in [0.15, 0.2) is 5.15 Å². The van der Waals surface area contributed by atoms with Crippen LogP contribution in [0.15, 0.2) is 6.20 Å². The number of hydrogen-bond donors (Lipinski definition) is 0. The number of rotatable bonds is 2. The van der Waals surface area contributed by atoms with Crippen LogP contribution in [-0.2, 0) is 11.2 Å². The summed E-state index contributed by atoms with van der Waals surface area (Å²) in [5.74, 6) is -0.396. The van der Waals surface area contributed by atoms with Gasteiger partial charge < -0.3 is 4.74 Å². The summed E-state index contributed by atoms with van der Waals surface area (Å²) in [4.78, 5) is 18.4. The van der Waals surface area contributed by atoms with E-state index in [9.17, 15) is 4.79 Å². The van der Waals surface area contributed by atoms with Crippen molar-refractivity contribution in [3.05, 3.63) is 17.0 Å². The molecule has 0 bridgehead atoms. The maximum atomic E-state index is 10.6. The van der Waals surface area contributed by atoms with Gasteiger partial charge in [0.25, 0.3) is 5.88 Å². The van der Waals surface area contributed by atoms with Crippen LogP contribution >= 0.6 is 11.6 Å². The predicted octanol–water partition coefficient (Wildman–Crippen LogP) is 1.62. The van der Waals surface area contributed by atoms with E-state index >= 15 is 0 Å². The van der Waals surface area contributed by atoms with Gasteiger partial charge in [-0.15, -0.1) is 0 Å². The number of nitrogens with zero attached hydrogens (tertiary/aromatic N) is 2. The van der Waals surface area contributed by atoms with Gasteiger partial charge in [-0.05, 0) is 6.42 Å². The highest BCUT2D eigenvalue weighted by Gasteiger charge is 2.07. The summed E-state index contributed by atoms with van der Waals surface area (Å²) >= 11 is 5.70. The molecule has 13 heavy (non-hydrogen) atoms. The molecule has 0 N–H and O–H groups in total. The van der Waals surface area contributed by atoms with Crippen LogP contribution in [-0.4, -0.2) is 15.9 Å². The third-order valence-electron chi connectivity index (χ3n) is 1.35. The maximum Gasteiger partial charge on any atom is 0.309 e. The minimum atomic E-state index is -0.458. The molecule has 70 valence electrons. The predicted molar refractivity (Wildman–Crippen MR) is 47.7 cm³/mol. The molecule has 0 atom stereocenters. The Labute approximate surface area is 80.9 Å². The second-order valence-corrected chi connectivity index (χ2v) is 2.76.